The second-order valence-electron chi connectivity index (χ2n) is 3.98. The lowest BCUT2D eigenvalue weighted by Crippen LogP contribution is -2.25. The summed E-state index contributed by atoms with van der Waals surface area (Å²) in [5, 5.41) is 14.3. The Balaban J connectivity index is 2.08. The van der Waals surface area contributed by atoms with Crippen LogP contribution in [0.15, 0.2) is 18.2 Å². The van der Waals surface area contributed by atoms with Crippen molar-refractivity contribution in [2.45, 2.75) is 18.9 Å². The molecule has 1 atom stereocenters. The zero-order valence-electron chi connectivity index (χ0n) is 9.19. The van der Waals surface area contributed by atoms with Crippen LogP contribution in [-0.4, -0.2) is 22.5 Å². The largest absolute Gasteiger partial charge is 0.380 e. The van der Waals surface area contributed by atoms with Gasteiger partial charge in [0.1, 0.15) is 0 Å². The summed E-state index contributed by atoms with van der Waals surface area (Å²) in [5.74, 6) is 2.28. The number of nitro groups is 1. The van der Waals surface area contributed by atoms with Crippen molar-refractivity contribution in [3.63, 3.8) is 0 Å². The molecule has 0 amide bonds. The minimum atomic E-state index is -0.438. The average molecular weight is 273 g/mol. The van der Waals surface area contributed by atoms with E-state index in [2.05, 4.69) is 5.32 Å². The van der Waals surface area contributed by atoms with Gasteiger partial charge in [-0.25, -0.2) is 0 Å². The van der Waals surface area contributed by atoms with Gasteiger partial charge in [0.15, 0.2) is 0 Å². The number of nitrogens with one attached hydrogen (secondary N) is 1. The molecule has 4 nitrogen and oxygen atoms in total. The highest BCUT2D eigenvalue weighted by Gasteiger charge is 2.16. The Morgan fingerprint density at radius 3 is 2.94 bits per heavy atom. The van der Waals surface area contributed by atoms with Crippen molar-refractivity contribution in [1.82, 2.24) is 0 Å². The second kappa shape index (κ2) is 5.60. The molecule has 0 aliphatic carbocycles. The maximum Gasteiger partial charge on any atom is 0.271 e. The molecule has 1 unspecified atom stereocenters. The van der Waals surface area contributed by atoms with Gasteiger partial charge in [-0.2, -0.15) is 11.8 Å². The molecule has 2 rings (SSSR count). The monoisotopic (exact) mass is 272 g/mol. The lowest BCUT2D eigenvalue weighted by Gasteiger charge is -2.23. The van der Waals surface area contributed by atoms with E-state index in [-0.39, 0.29) is 5.69 Å². The van der Waals surface area contributed by atoms with Crippen molar-refractivity contribution in [1.29, 1.82) is 0 Å². The molecule has 92 valence electrons. The Kier molecular flexibility index (Phi) is 4.12. The Labute approximate surface area is 109 Å². The molecule has 0 aromatic heterocycles. The zero-order valence-corrected chi connectivity index (χ0v) is 10.8. The molecule has 0 radical (unpaired) electrons. The predicted octanol–water partition coefficient (Wildman–Crippen LogP) is 3.56. The molecule has 6 heteroatoms. The maximum atomic E-state index is 10.6. The Morgan fingerprint density at radius 2 is 2.35 bits per heavy atom. The van der Waals surface area contributed by atoms with Crippen molar-refractivity contribution in [2.75, 3.05) is 16.8 Å². The SMILES string of the molecule is O=[N+]([O-])c1ccc(NC2CCCSC2)c(Cl)c1. The van der Waals surface area contributed by atoms with E-state index < -0.39 is 4.92 Å². The molecule has 1 aliphatic rings. The number of hydrogen-bond acceptors (Lipinski definition) is 4. The van der Waals surface area contributed by atoms with Gasteiger partial charge < -0.3 is 5.32 Å². The number of nitro benzene ring substituents is 1. The molecular formula is C11H13ClN2O2S. The van der Waals surface area contributed by atoms with E-state index in [1.54, 1.807) is 6.07 Å². The van der Waals surface area contributed by atoms with Crippen LogP contribution in [-0.2, 0) is 0 Å². The molecule has 0 spiro atoms. The van der Waals surface area contributed by atoms with E-state index in [0.717, 1.165) is 17.9 Å². The third-order valence-electron chi connectivity index (χ3n) is 2.68. The predicted molar refractivity (Wildman–Crippen MR) is 72.1 cm³/mol. The molecule has 0 saturated carbocycles. The second-order valence-corrected chi connectivity index (χ2v) is 5.54. The summed E-state index contributed by atoms with van der Waals surface area (Å²) in [6, 6.07) is 4.96. The first-order chi connectivity index (χ1) is 8.16. The molecule has 1 N–H and O–H groups in total. The maximum absolute atomic E-state index is 10.6. The summed E-state index contributed by atoms with van der Waals surface area (Å²) in [5.41, 5.74) is 0.809. The van der Waals surface area contributed by atoms with Gasteiger partial charge >= 0.3 is 0 Å². The molecule has 1 aromatic rings. The van der Waals surface area contributed by atoms with E-state index in [0.29, 0.717) is 11.1 Å². The van der Waals surface area contributed by atoms with Gasteiger partial charge in [0, 0.05) is 23.9 Å². The minimum Gasteiger partial charge on any atom is -0.380 e. The van der Waals surface area contributed by atoms with Crippen LogP contribution in [0.5, 0.6) is 0 Å². The van der Waals surface area contributed by atoms with Crippen LogP contribution in [0.25, 0.3) is 0 Å². The highest BCUT2D eigenvalue weighted by Crippen LogP contribution is 2.29. The summed E-state index contributed by atoms with van der Waals surface area (Å²) >= 11 is 7.94. The fourth-order valence-electron chi connectivity index (χ4n) is 1.81. The number of anilines is 1. The summed E-state index contributed by atoms with van der Waals surface area (Å²) in [7, 11) is 0. The minimum absolute atomic E-state index is 0.0265. The number of benzene rings is 1. The van der Waals surface area contributed by atoms with Gasteiger partial charge in [0.05, 0.1) is 15.6 Å². The molecular weight excluding hydrogens is 260 g/mol. The number of halogens is 1. The van der Waals surface area contributed by atoms with Crippen molar-refractivity contribution < 1.29 is 4.92 Å². The van der Waals surface area contributed by atoms with Crippen molar-refractivity contribution >= 4 is 34.7 Å². The Hall–Kier alpha value is -0.940. The summed E-state index contributed by atoms with van der Waals surface area (Å²) in [4.78, 5) is 10.1. The van der Waals surface area contributed by atoms with Crippen LogP contribution in [0.4, 0.5) is 11.4 Å². The number of rotatable bonds is 3. The van der Waals surface area contributed by atoms with Crippen molar-refractivity contribution in [3.05, 3.63) is 33.3 Å². The van der Waals surface area contributed by atoms with Crippen LogP contribution in [0.1, 0.15) is 12.8 Å². The van der Waals surface area contributed by atoms with E-state index in [4.69, 9.17) is 11.6 Å². The van der Waals surface area contributed by atoms with Crippen LogP contribution < -0.4 is 5.32 Å². The first kappa shape index (κ1) is 12.5. The van der Waals surface area contributed by atoms with Crippen molar-refractivity contribution in [2.24, 2.45) is 0 Å². The molecule has 1 saturated heterocycles. The standard InChI is InChI=1S/C11H13ClN2O2S/c12-10-6-9(14(15)16)3-4-11(10)13-8-2-1-5-17-7-8/h3-4,6,8,13H,1-2,5,7H2. The fraction of sp³-hybridized carbons (Fsp3) is 0.455. The Morgan fingerprint density at radius 1 is 1.53 bits per heavy atom. The van der Waals surface area contributed by atoms with Crippen LogP contribution in [0, 0.1) is 10.1 Å². The van der Waals surface area contributed by atoms with E-state index in [1.165, 1.54) is 24.3 Å². The first-order valence-electron chi connectivity index (χ1n) is 5.45. The quantitative estimate of drug-likeness (QED) is 0.675. The summed E-state index contributed by atoms with van der Waals surface area (Å²) < 4.78 is 0. The molecule has 0 bridgehead atoms. The van der Waals surface area contributed by atoms with E-state index in [1.807, 2.05) is 11.8 Å². The molecule has 1 aliphatic heterocycles. The van der Waals surface area contributed by atoms with Gasteiger partial charge in [-0.1, -0.05) is 11.6 Å². The highest BCUT2D eigenvalue weighted by atomic mass is 35.5. The fourth-order valence-corrected chi connectivity index (χ4v) is 3.11. The smallest absolute Gasteiger partial charge is 0.271 e. The van der Waals surface area contributed by atoms with Gasteiger partial charge in [0.25, 0.3) is 5.69 Å². The third-order valence-corrected chi connectivity index (χ3v) is 4.21. The topological polar surface area (TPSA) is 55.2 Å². The average Bonchev–Trinajstić information content (AvgIpc) is 2.33. The summed E-state index contributed by atoms with van der Waals surface area (Å²) in [6.07, 6.45) is 2.33. The first-order valence-corrected chi connectivity index (χ1v) is 6.98. The normalized spacial score (nSPS) is 19.9. The lowest BCUT2D eigenvalue weighted by atomic mass is 10.1. The van der Waals surface area contributed by atoms with Crippen LogP contribution in [0.2, 0.25) is 5.02 Å². The lowest BCUT2D eigenvalue weighted by molar-refractivity contribution is -0.384. The summed E-state index contributed by atoms with van der Waals surface area (Å²) in [6.45, 7) is 0. The molecule has 1 fully saturated rings. The number of nitrogens with zero attached hydrogens (tertiary/aromatic N) is 1. The van der Waals surface area contributed by atoms with E-state index in [9.17, 15) is 10.1 Å². The van der Waals surface area contributed by atoms with Gasteiger partial charge in [-0.3, -0.25) is 10.1 Å². The van der Waals surface area contributed by atoms with E-state index >= 15 is 0 Å². The van der Waals surface area contributed by atoms with Gasteiger partial charge in [-0.15, -0.1) is 0 Å². The molecule has 1 heterocycles. The highest BCUT2D eigenvalue weighted by molar-refractivity contribution is 7.99. The number of non-ortho nitro benzene ring substituents is 1. The Bertz CT molecular complexity index is 422. The number of thioether (sulfide) groups is 1. The number of hydrogen-bond donors (Lipinski definition) is 1. The zero-order chi connectivity index (χ0) is 12.3. The van der Waals surface area contributed by atoms with Gasteiger partial charge in [0.2, 0.25) is 0 Å². The van der Waals surface area contributed by atoms with Crippen LogP contribution >= 0.6 is 23.4 Å². The molecule has 1 aromatic carbocycles. The van der Waals surface area contributed by atoms with Gasteiger partial charge in [-0.05, 0) is 24.7 Å². The van der Waals surface area contributed by atoms with Crippen LogP contribution in [0.3, 0.4) is 0 Å². The van der Waals surface area contributed by atoms with Crippen molar-refractivity contribution in [3.8, 4) is 0 Å². The third kappa shape index (κ3) is 3.26. The molecule has 17 heavy (non-hydrogen) atoms.